The molecule has 2 aromatic carbocycles. The standard InChI is InChI=1S/C18H13ClN4O4S/c1-10(24)20-12-4-2-11(3-5-12)16-9-28-18(21-16)22-17(25)14-7-6-13(23(26)27)8-15(14)19/h2-9H,1H3,(H,20,24)(H,21,22,25). The third-order valence-electron chi connectivity index (χ3n) is 3.63. The average molecular weight is 417 g/mol. The molecule has 1 aromatic heterocycles. The van der Waals surface area contributed by atoms with Crippen molar-refractivity contribution in [3.63, 3.8) is 0 Å². The molecule has 10 heteroatoms. The van der Waals surface area contributed by atoms with Crippen molar-refractivity contribution in [3.8, 4) is 11.3 Å². The molecular formula is C18H13ClN4O4S. The monoisotopic (exact) mass is 416 g/mol. The molecular weight excluding hydrogens is 404 g/mol. The lowest BCUT2D eigenvalue weighted by molar-refractivity contribution is -0.384. The topological polar surface area (TPSA) is 114 Å². The number of amides is 2. The summed E-state index contributed by atoms with van der Waals surface area (Å²) in [5.41, 5.74) is 2.07. The number of thiazole rings is 1. The second-order valence-corrected chi connectivity index (χ2v) is 6.94. The Morgan fingerprint density at radius 3 is 2.46 bits per heavy atom. The van der Waals surface area contributed by atoms with Crippen molar-refractivity contribution in [3.05, 3.63) is 68.5 Å². The van der Waals surface area contributed by atoms with E-state index >= 15 is 0 Å². The lowest BCUT2D eigenvalue weighted by Gasteiger charge is -2.04. The summed E-state index contributed by atoms with van der Waals surface area (Å²) in [4.78, 5) is 38.0. The van der Waals surface area contributed by atoms with Crippen LogP contribution in [0.3, 0.4) is 0 Å². The number of rotatable bonds is 5. The van der Waals surface area contributed by atoms with Crippen LogP contribution in [0.5, 0.6) is 0 Å². The predicted molar refractivity (Wildman–Crippen MR) is 108 cm³/mol. The summed E-state index contributed by atoms with van der Waals surface area (Å²) in [6.07, 6.45) is 0. The van der Waals surface area contributed by atoms with E-state index in [2.05, 4.69) is 15.6 Å². The van der Waals surface area contributed by atoms with Gasteiger partial charge in [-0.25, -0.2) is 4.98 Å². The Balaban J connectivity index is 1.73. The van der Waals surface area contributed by atoms with E-state index in [9.17, 15) is 19.7 Å². The van der Waals surface area contributed by atoms with Crippen LogP contribution in [0.1, 0.15) is 17.3 Å². The summed E-state index contributed by atoms with van der Waals surface area (Å²) in [6, 6.07) is 10.8. The van der Waals surface area contributed by atoms with Crippen LogP contribution in [0.2, 0.25) is 5.02 Å². The first-order valence-corrected chi connectivity index (χ1v) is 9.18. The van der Waals surface area contributed by atoms with Crippen LogP contribution in [-0.4, -0.2) is 21.7 Å². The summed E-state index contributed by atoms with van der Waals surface area (Å²) in [5.74, 6) is -0.668. The highest BCUT2D eigenvalue weighted by Crippen LogP contribution is 2.28. The van der Waals surface area contributed by atoms with E-state index in [4.69, 9.17) is 11.6 Å². The first-order chi connectivity index (χ1) is 13.3. The maximum Gasteiger partial charge on any atom is 0.270 e. The van der Waals surface area contributed by atoms with Crippen LogP contribution in [-0.2, 0) is 4.79 Å². The minimum absolute atomic E-state index is 0.0166. The Labute approximate surface area is 168 Å². The number of nitro benzene ring substituents is 1. The largest absolute Gasteiger partial charge is 0.326 e. The van der Waals surface area contributed by atoms with Gasteiger partial charge in [-0.05, 0) is 18.2 Å². The molecule has 0 atom stereocenters. The number of anilines is 2. The third kappa shape index (κ3) is 4.51. The van der Waals surface area contributed by atoms with E-state index in [0.717, 1.165) is 11.6 Å². The molecule has 0 unspecified atom stereocenters. The van der Waals surface area contributed by atoms with Crippen LogP contribution < -0.4 is 10.6 Å². The highest BCUT2D eigenvalue weighted by atomic mass is 35.5. The lowest BCUT2D eigenvalue weighted by Crippen LogP contribution is -2.12. The number of benzene rings is 2. The quantitative estimate of drug-likeness (QED) is 0.466. The van der Waals surface area contributed by atoms with Crippen LogP contribution in [0.25, 0.3) is 11.3 Å². The Morgan fingerprint density at radius 1 is 1.14 bits per heavy atom. The summed E-state index contributed by atoms with van der Waals surface area (Å²) in [6.45, 7) is 1.43. The Morgan fingerprint density at radius 2 is 1.86 bits per heavy atom. The fourth-order valence-corrected chi connectivity index (χ4v) is 3.33. The molecule has 0 saturated carbocycles. The van der Waals surface area contributed by atoms with E-state index < -0.39 is 10.8 Å². The van der Waals surface area contributed by atoms with E-state index in [1.54, 1.807) is 29.6 Å². The van der Waals surface area contributed by atoms with Crippen molar-refractivity contribution in [1.29, 1.82) is 0 Å². The van der Waals surface area contributed by atoms with Gasteiger partial charge < -0.3 is 5.32 Å². The van der Waals surface area contributed by atoms with Gasteiger partial charge in [0.1, 0.15) is 0 Å². The van der Waals surface area contributed by atoms with Crippen molar-refractivity contribution in [2.75, 3.05) is 10.6 Å². The molecule has 2 N–H and O–H groups in total. The Hall–Kier alpha value is -3.30. The van der Waals surface area contributed by atoms with Gasteiger partial charge in [0.2, 0.25) is 5.91 Å². The SMILES string of the molecule is CC(=O)Nc1ccc(-c2csc(NC(=O)c3ccc([N+](=O)[O-])cc3Cl)n2)cc1. The fourth-order valence-electron chi connectivity index (χ4n) is 2.36. The number of nitro groups is 1. The molecule has 0 spiro atoms. The maximum absolute atomic E-state index is 12.4. The van der Waals surface area contributed by atoms with Gasteiger partial charge in [0, 0.05) is 35.7 Å². The van der Waals surface area contributed by atoms with Gasteiger partial charge in [-0.3, -0.25) is 25.0 Å². The highest BCUT2D eigenvalue weighted by Gasteiger charge is 2.16. The Bertz CT molecular complexity index is 1070. The number of carbonyl (C=O) groups excluding carboxylic acids is 2. The van der Waals surface area contributed by atoms with Gasteiger partial charge in [0.15, 0.2) is 5.13 Å². The van der Waals surface area contributed by atoms with Gasteiger partial charge in [-0.2, -0.15) is 0 Å². The van der Waals surface area contributed by atoms with Crippen molar-refractivity contribution >= 4 is 51.3 Å². The van der Waals surface area contributed by atoms with Crippen molar-refractivity contribution in [2.45, 2.75) is 6.92 Å². The molecule has 0 aliphatic rings. The van der Waals surface area contributed by atoms with Gasteiger partial charge >= 0.3 is 0 Å². The molecule has 8 nitrogen and oxygen atoms in total. The van der Waals surface area contributed by atoms with E-state index in [1.807, 2.05) is 0 Å². The number of hydrogen-bond acceptors (Lipinski definition) is 6. The van der Waals surface area contributed by atoms with Crippen LogP contribution in [0.4, 0.5) is 16.5 Å². The number of non-ortho nitro benzene ring substituents is 1. The lowest BCUT2D eigenvalue weighted by atomic mass is 10.1. The van der Waals surface area contributed by atoms with Crippen molar-refractivity contribution in [2.24, 2.45) is 0 Å². The number of halogens is 1. The van der Waals surface area contributed by atoms with Crippen molar-refractivity contribution in [1.82, 2.24) is 4.98 Å². The van der Waals surface area contributed by atoms with Crippen LogP contribution in [0, 0.1) is 10.1 Å². The first-order valence-electron chi connectivity index (χ1n) is 7.92. The summed E-state index contributed by atoms with van der Waals surface area (Å²) >= 11 is 7.21. The fraction of sp³-hybridized carbons (Fsp3) is 0.0556. The third-order valence-corrected chi connectivity index (χ3v) is 4.70. The second kappa shape index (κ2) is 8.15. The molecule has 0 aliphatic heterocycles. The zero-order chi connectivity index (χ0) is 20.3. The molecule has 0 bridgehead atoms. The summed E-state index contributed by atoms with van der Waals surface area (Å²) in [5, 5.41) is 18.2. The molecule has 1 heterocycles. The van der Waals surface area contributed by atoms with Gasteiger partial charge in [0.05, 0.1) is 21.2 Å². The van der Waals surface area contributed by atoms with Crippen molar-refractivity contribution < 1.29 is 14.5 Å². The van der Waals surface area contributed by atoms with Gasteiger partial charge in [-0.15, -0.1) is 11.3 Å². The molecule has 2 amide bonds. The first kappa shape index (κ1) is 19.5. The van der Waals surface area contributed by atoms with Gasteiger partial charge in [-0.1, -0.05) is 23.7 Å². The second-order valence-electron chi connectivity index (χ2n) is 5.67. The van der Waals surface area contributed by atoms with E-state index in [-0.39, 0.29) is 22.2 Å². The molecule has 0 fully saturated rings. The Kier molecular flexibility index (Phi) is 5.67. The molecule has 0 saturated heterocycles. The van der Waals surface area contributed by atoms with E-state index in [1.165, 1.54) is 30.4 Å². The molecule has 0 aliphatic carbocycles. The average Bonchev–Trinajstić information content (AvgIpc) is 3.10. The molecule has 3 aromatic rings. The number of nitrogens with zero attached hydrogens (tertiary/aromatic N) is 2. The summed E-state index contributed by atoms with van der Waals surface area (Å²) in [7, 11) is 0. The smallest absolute Gasteiger partial charge is 0.270 e. The minimum Gasteiger partial charge on any atom is -0.326 e. The molecule has 142 valence electrons. The van der Waals surface area contributed by atoms with Crippen LogP contribution in [0.15, 0.2) is 47.8 Å². The molecule has 3 rings (SSSR count). The normalized spacial score (nSPS) is 10.4. The molecule has 0 radical (unpaired) electrons. The number of nitrogens with one attached hydrogen (secondary N) is 2. The van der Waals surface area contributed by atoms with Crippen LogP contribution >= 0.6 is 22.9 Å². The summed E-state index contributed by atoms with van der Waals surface area (Å²) < 4.78 is 0. The van der Waals surface area contributed by atoms with Gasteiger partial charge in [0.25, 0.3) is 11.6 Å². The number of carbonyl (C=O) groups is 2. The number of hydrogen-bond donors (Lipinski definition) is 2. The highest BCUT2D eigenvalue weighted by molar-refractivity contribution is 7.14. The molecule has 28 heavy (non-hydrogen) atoms. The van der Waals surface area contributed by atoms with E-state index in [0.29, 0.717) is 16.5 Å². The minimum atomic E-state index is -0.585. The number of aromatic nitrogens is 1. The maximum atomic E-state index is 12.4. The zero-order valence-electron chi connectivity index (χ0n) is 14.4. The zero-order valence-corrected chi connectivity index (χ0v) is 16.0. The predicted octanol–water partition coefficient (Wildman–Crippen LogP) is 4.58.